The molecule has 0 aromatic rings. The van der Waals surface area contributed by atoms with Crippen LogP contribution in [0.2, 0.25) is 0 Å². The van der Waals surface area contributed by atoms with Gasteiger partial charge in [0.15, 0.2) is 0 Å². The third-order valence-corrected chi connectivity index (χ3v) is 1.79. The van der Waals surface area contributed by atoms with Gasteiger partial charge < -0.3 is 8.63 Å². The minimum atomic E-state index is -7.47. The molecule has 0 unspecified atom stereocenters. The predicted octanol–water partition coefficient (Wildman–Crippen LogP) is 0.442. The quantitative estimate of drug-likeness (QED) is 0.547. The summed E-state index contributed by atoms with van der Waals surface area (Å²) in [5.41, 5.74) is 0. The van der Waals surface area contributed by atoms with Gasteiger partial charge in [0.05, 0.1) is 0 Å². The SMILES string of the molecule is N#C[B-](F)(F)C(F)(F)C(F)(F)C(F)(F)C(F)(F)F.[Na+]. The monoisotopic (exact) mass is 317 g/mol. The van der Waals surface area contributed by atoms with Crippen LogP contribution in [0.1, 0.15) is 0 Å². The molecule has 0 saturated heterocycles. The fourth-order valence-corrected chi connectivity index (χ4v) is 0.696. The van der Waals surface area contributed by atoms with Gasteiger partial charge in [0.25, 0.3) is 5.82 Å². The third-order valence-electron chi connectivity index (χ3n) is 1.79. The molecule has 0 rings (SSSR count). The number of rotatable bonds is 3. The molecule has 1 nitrogen and oxygen atoms in total. The topological polar surface area (TPSA) is 23.8 Å². The summed E-state index contributed by atoms with van der Waals surface area (Å²) in [5, 5.41) is 7.45. The molecule has 14 heteroatoms. The average Bonchev–Trinajstić information content (AvgIpc) is 2.15. The maximum absolute atomic E-state index is 12.3. The summed E-state index contributed by atoms with van der Waals surface area (Å²) in [5.74, 6) is -22.7. The summed E-state index contributed by atoms with van der Waals surface area (Å²) in [6.45, 7) is -7.12. The van der Waals surface area contributed by atoms with Crippen LogP contribution >= 0.6 is 0 Å². The minimum absolute atomic E-state index is 0. The number of hydrogen-bond acceptors (Lipinski definition) is 1. The Morgan fingerprint density at radius 3 is 1.26 bits per heavy atom. The molecule has 0 aromatic heterocycles. The van der Waals surface area contributed by atoms with E-state index >= 15 is 0 Å². The minimum Gasteiger partial charge on any atom is -0.461 e. The molecule has 0 N–H and O–H groups in total. The normalized spacial score (nSPS) is 14.6. The van der Waals surface area contributed by atoms with E-state index in [1.165, 1.54) is 0 Å². The van der Waals surface area contributed by atoms with Crippen LogP contribution in [0.4, 0.5) is 48.1 Å². The Balaban J connectivity index is 0. The van der Waals surface area contributed by atoms with Crippen molar-refractivity contribution in [1.29, 1.82) is 5.26 Å². The van der Waals surface area contributed by atoms with Crippen molar-refractivity contribution in [2.24, 2.45) is 0 Å². The molecule has 0 radical (unpaired) electrons. The maximum atomic E-state index is 12.3. The van der Waals surface area contributed by atoms with Gasteiger partial charge in [-0.2, -0.15) is 30.7 Å². The number of hydrogen-bond donors (Lipinski definition) is 0. The van der Waals surface area contributed by atoms with E-state index in [9.17, 15) is 48.1 Å². The summed E-state index contributed by atoms with van der Waals surface area (Å²) < 4.78 is 132. The van der Waals surface area contributed by atoms with Crippen LogP contribution in [0.3, 0.4) is 0 Å². The second-order valence-electron chi connectivity index (χ2n) is 3.06. The van der Waals surface area contributed by atoms with Gasteiger partial charge in [0.2, 0.25) is 0 Å². The van der Waals surface area contributed by atoms with Crippen molar-refractivity contribution in [3.63, 3.8) is 0 Å². The first-order chi connectivity index (χ1) is 7.56. The summed E-state index contributed by atoms with van der Waals surface area (Å²) in [6, 6.07) is 0. The second-order valence-corrected chi connectivity index (χ2v) is 3.06. The van der Waals surface area contributed by atoms with Gasteiger partial charge in [-0.1, -0.05) is 5.97 Å². The van der Waals surface area contributed by atoms with Crippen LogP contribution in [0, 0.1) is 11.2 Å². The van der Waals surface area contributed by atoms with E-state index in [1.807, 2.05) is 0 Å². The van der Waals surface area contributed by atoms with Crippen molar-refractivity contribution in [3.8, 4) is 5.97 Å². The summed E-state index contributed by atoms with van der Waals surface area (Å²) in [6.07, 6.45) is -7.19. The molecular formula is C5BF11NNa. The van der Waals surface area contributed by atoms with Crippen molar-refractivity contribution in [2.75, 3.05) is 0 Å². The third kappa shape index (κ3) is 2.95. The molecule has 0 spiro atoms. The molecule has 0 aliphatic carbocycles. The van der Waals surface area contributed by atoms with Crippen LogP contribution in [-0.4, -0.2) is 30.5 Å². The smallest absolute Gasteiger partial charge is 0.461 e. The van der Waals surface area contributed by atoms with E-state index in [2.05, 4.69) is 0 Å². The standard InChI is InChI=1S/C5BF11N.Na/c7-2(8,3(9,10)5(13,14)15)4(11,12)6(16,17)1-18;/q-1;+1. The molecule has 106 valence electrons. The summed E-state index contributed by atoms with van der Waals surface area (Å²) in [4.78, 5) is 0. The van der Waals surface area contributed by atoms with Gasteiger partial charge in [-0.25, -0.2) is 14.0 Å². The second kappa shape index (κ2) is 5.29. The Kier molecular flexibility index (Phi) is 5.87. The van der Waals surface area contributed by atoms with E-state index < -0.39 is 36.5 Å². The zero-order valence-electron chi connectivity index (χ0n) is 8.68. The first-order valence-corrected chi connectivity index (χ1v) is 3.69. The molecule has 0 bridgehead atoms. The van der Waals surface area contributed by atoms with Gasteiger partial charge in [0, 0.05) is 0 Å². The van der Waals surface area contributed by atoms with Crippen molar-refractivity contribution in [1.82, 2.24) is 0 Å². The van der Waals surface area contributed by atoms with Crippen LogP contribution in [-0.2, 0) is 0 Å². The Morgan fingerprint density at radius 1 is 0.737 bits per heavy atom. The number of alkyl halides is 9. The van der Waals surface area contributed by atoms with Crippen molar-refractivity contribution >= 4 is 6.70 Å². The van der Waals surface area contributed by atoms with E-state index in [0.29, 0.717) is 0 Å². The van der Waals surface area contributed by atoms with E-state index in [1.54, 1.807) is 0 Å². The molecule has 0 atom stereocenters. The van der Waals surface area contributed by atoms with Crippen molar-refractivity contribution in [2.45, 2.75) is 23.8 Å². The molecule has 19 heavy (non-hydrogen) atoms. The Hall–Kier alpha value is -0.215. The molecule has 0 aliphatic rings. The molecule has 0 heterocycles. The maximum Gasteiger partial charge on any atom is 1.00 e. The van der Waals surface area contributed by atoms with Crippen molar-refractivity contribution < 1.29 is 77.7 Å². The van der Waals surface area contributed by atoms with Gasteiger partial charge in [-0.15, -0.1) is 0 Å². The molecule has 0 amide bonds. The first-order valence-electron chi connectivity index (χ1n) is 3.69. The molecule has 0 fully saturated rings. The van der Waals surface area contributed by atoms with Gasteiger partial charge in [0.1, 0.15) is 0 Å². The fourth-order valence-electron chi connectivity index (χ4n) is 0.696. The number of nitrogens with zero attached hydrogens (tertiary/aromatic N) is 1. The molecular weight excluding hydrogens is 317 g/mol. The summed E-state index contributed by atoms with van der Waals surface area (Å²) in [7, 11) is 0. The number of halogens is 11. The first kappa shape index (κ1) is 21.1. The van der Waals surface area contributed by atoms with Gasteiger partial charge >= 0.3 is 54.3 Å². The van der Waals surface area contributed by atoms with Crippen LogP contribution in [0.25, 0.3) is 0 Å². The van der Waals surface area contributed by atoms with E-state index in [-0.39, 0.29) is 29.6 Å². The predicted molar refractivity (Wildman–Crippen MR) is 34.5 cm³/mol. The average molecular weight is 317 g/mol. The zero-order chi connectivity index (χ0) is 15.2. The number of nitriles is 1. The van der Waals surface area contributed by atoms with Crippen LogP contribution in [0.15, 0.2) is 0 Å². The Morgan fingerprint density at radius 2 is 1.05 bits per heavy atom. The molecule has 0 aromatic carbocycles. The Bertz CT molecular complexity index is 368. The Labute approximate surface area is 120 Å². The fraction of sp³-hybridized carbons (Fsp3) is 0.800. The zero-order valence-corrected chi connectivity index (χ0v) is 10.7. The summed E-state index contributed by atoms with van der Waals surface area (Å²) >= 11 is 0. The van der Waals surface area contributed by atoms with E-state index in [4.69, 9.17) is 5.26 Å². The van der Waals surface area contributed by atoms with Gasteiger partial charge in [-0.3, -0.25) is 0 Å². The largest absolute Gasteiger partial charge is 1.00 e. The van der Waals surface area contributed by atoms with Crippen molar-refractivity contribution in [3.05, 3.63) is 0 Å². The van der Waals surface area contributed by atoms with Crippen LogP contribution < -0.4 is 29.6 Å². The molecule has 0 aliphatic heterocycles. The van der Waals surface area contributed by atoms with E-state index in [0.717, 1.165) is 0 Å². The van der Waals surface area contributed by atoms with Gasteiger partial charge in [-0.05, 0) is 0 Å². The van der Waals surface area contributed by atoms with Crippen LogP contribution in [0.5, 0.6) is 0 Å². The molecule has 0 saturated carbocycles.